The summed E-state index contributed by atoms with van der Waals surface area (Å²) in [7, 11) is 2.14. The lowest BCUT2D eigenvalue weighted by Gasteiger charge is -2.30. The molecule has 1 aromatic heterocycles. The Labute approximate surface area is 96.2 Å². The topological polar surface area (TPSA) is 54.2 Å². The molecule has 2 heterocycles. The molecule has 1 saturated heterocycles. The van der Waals surface area contributed by atoms with Crippen LogP contribution < -0.4 is 5.32 Å². The van der Waals surface area contributed by atoms with Crippen molar-refractivity contribution < 1.29 is 4.52 Å². The number of rotatable bonds is 4. The first-order valence-electron chi connectivity index (χ1n) is 6.02. The van der Waals surface area contributed by atoms with Gasteiger partial charge in [0.1, 0.15) is 0 Å². The summed E-state index contributed by atoms with van der Waals surface area (Å²) in [6.07, 6.45) is 3.22. The van der Waals surface area contributed by atoms with E-state index >= 15 is 0 Å². The van der Waals surface area contributed by atoms with Crippen LogP contribution in [0.15, 0.2) is 4.52 Å². The van der Waals surface area contributed by atoms with Crippen LogP contribution in [0.2, 0.25) is 0 Å². The summed E-state index contributed by atoms with van der Waals surface area (Å²) in [6.45, 7) is 5.03. The molecule has 0 radical (unpaired) electrons. The van der Waals surface area contributed by atoms with Gasteiger partial charge in [-0.05, 0) is 33.0 Å². The molecule has 2 rings (SSSR count). The van der Waals surface area contributed by atoms with Gasteiger partial charge in [0.25, 0.3) is 0 Å². The van der Waals surface area contributed by atoms with Crippen LogP contribution in [0, 0.1) is 0 Å². The average Bonchev–Trinajstić information content (AvgIpc) is 2.78. The molecule has 0 atom stereocenters. The molecule has 1 aliphatic heterocycles. The second-order valence-electron chi connectivity index (χ2n) is 4.35. The van der Waals surface area contributed by atoms with Gasteiger partial charge < -0.3 is 9.84 Å². The Morgan fingerprint density at radius 2 is 2.19 bits per heavy atom. The molecule has 1 aromatic rings. The van der Waals surface area contributed by atoms with E-state index in [1.54, 1.807) is 0 Å². The summed E-state index contributed by atoms with van der Waals surface area (Å²) < 4.78 is 5.10. The summed E-state index contributed by atoms with van der Waals surface area (Å²) in [5.74, 6) is 1.53. The van der Waals surface area contributed by atoms with Gasteiger partial charge in [-0.15, -0.1) is 0 Å². The molecule has 1 aliphatic rings. The number of aryl methyl sites for hydroxylation is 1. The molecule has 0 spiro atoms. The van der Waals surface area contributed by atoms with E-state index in [0.29, 0.717) is 6.04 Å². The summed E-state index contributed by atoms with van der Waals surface area (Å²) in [5, 5.41) is 7.35. The van der Waals surface area contributed by atoms with Gasteiger partial charge in [0, 0.05) is 12.5 Å². The van der Waals surface area contributed by atoms with Crippen molar-refractivity contribution in [2.45, 2.75) is 38.8 Å². The van der Waals surface area contributed by atoms with Gasteiger partial charge >= 0.3 is 0 Å². The van der Waals surface area contributed by atoms with Crippen LogP contribution in [-0.4, -0.2) is 41.2 Å². The van der Waals surface area contributed by atoms with Crippen LogP contribution in [0.3, 0.4) is 0 Å². The zero-order valence-electron chi connectivity index (χ0n) is 10.1. The van der Waals surface area contributed by atoms with Gasteiger partial charge in [-0.25, -0.2) is 0 Å². The van der Waals surface area contributed by atoms with Crippen LogP contribution in [0.4, 0.5) is 0 Å². The zero-order chi connectivity index (χ0) is 11.4. The number of hydrogen-bond acceptors (Lipinski definition) is 5. The average molecular weight is 224 g/mol. The Morgan fingerprint density at radius 1 is 1.44 bits per heavy atom. The normalized spacial score (nSPS) is 18.2. The van der Waals surface area contributed by atoms with Crippen molar-refractivity contribution in [2.75, 3.05) is 20.1 Å². The minimum atomic E-state index is 0.643. The molecule has 0 bridgehead atoms. The van der Waals surface area contributed by atoms with Crippen LogP contribution >= 0.6 is 0 Å². The molecule has 5 heteroatoms. The highest BCUT2D eigenvalue weighted by atomic mass is 16.5. The SMILES string of the molecule is CCc1nc(CN(C)C2CCNCC2)no1. The van der Waals surface area contributed by atoms with E-state index < -0.39 is 0 Å². The van der Waals surface area contributed by atoms with Gasteiger partial charge in [0.15, 0.2) is 5.82 Å². The largest absolute Gasteiger partial charge is 0.339 e. The summed E-state index contributed by atoms with van der Waals surface area (Å²) in [5.41, 5.74) is 0. The van der Waals surface area contributed by atoms with E-state index in [1.807, 2.05) is 6.92 Å². The maximum atomic E-state index is 5.10. The molecule has 0 aliphatic carbocycles. The monoisotopic (exact) mass is 224 g/mol. The zero-order valence-corrected chi connectivity index (χ0v) is 10.1. The fraction of sp³-hybridized carbons (Fsp3) is 0.818. The predicted octanol–water partition coefficient (Wildman–Crippen LogP) is 0.816. The molecule has 1 fully saturated rings. The van der Waals surface area contributed by atoms with Gasteiger partial charge in [-0.2, -0.15) is 4.98 Å². The Balaban J connectivity index is 1.87. The highest BCUT2D eigenvalue weighted by molar-refractivity contribution is 4.87. The number of piperidine rings is 1. The third-order valence-corrected chi connectivity index (χ3v) is 3.14. The van der Waals surface area contributed by atoms with Crippen molar-refractivity contribution in [1.29, 1.82) is 0 Å². The van der Waals surface area contributed by atoms with Gasteiger partial charge in [0.2, 0.25) is 5.89 Å². The first kappa shape index (κ1) is 11.5. The molecule has 16 heavy (non-hydrogen) atoms. The summed E-state index contributed by atoms with van der Waals surface area (Å²) >= 11 is 0. The van der Waals surface area contributed by atoms with Crippen LogP contribution in [-0.2, 0) is 13.0 Å². The number of nitrogens with zero attached hydrogens (tertiary/aromatic N) is 3. The Hall–Kier alpha value is -0.940. The Kier molecular flexibility index (Phi) is 3.90. The predicted molar refractivity (Wildman–Crippen MR) is 61.0 cm³/mol. The van der Waals surface area contributed by atoms with Crippen LogP contribution in [0.5, 0.6) is 0 Å². The van der Waals surface area contributed by atoms with Gasteiger partial charge in [-0.3, -0.25) is 4.90 Å². The molecule has 0 aromatic carbocycles. The molecular formula is C11H20N4O. The van der Waals surface area contributed by atoms with E-state index in [1.165, 1.54) is 12.8 Å². The van der Waals surface area contributed by atoms with E-state index in [4.69, 9.17) is 4.52 Å². The minimum absolute atomic E-state index is 0.643. The first-order valence-corrected chi connectivity index (χ1v) is 6.02. The Morgan fingerprint density at radius 3 is 2.81 bits per heavy atom. The molecule has 5 nitrogen and oxygen atoms in total. The van der Waals surface area contributed by atoms with E-state index in [0.717, 1.165) is 37.8 Å². The Bertz CT molecular complexity index is 320. The van der Waals surface area contributed by atoms with Crippen molar-refractivity contribution in [3.63, 3.8) is 0 Å². The van der Waals surface area contributed by atoms with E-state index in [2.05, 4.69) is 27.4 Å². The smallest absolute Gasteiger partial charge is 0.226 e. The second kappa shape index (κ2) is 5.41. The highest BCUT2D eigenvalue weighted by Crippen LogP contribution is 2.12. The van der Waals surface area contributed by atoms with E-state index in [9.17, 15) is 0 Å². The van der Waals surface area contributed by atoms with Gasteiger partial charge in [-0.1, -0.05) is 12.1 Å². The molecule has 1 N–H and O–H groups in total. The molecule has 90 valence electrons. The van der Waals surface area contributed by atoms with Crippen LogP contribution in [0.1, 0.15) is 31.5 Å². The third kappa shape index (κ3) is 2.80. The number of hydrogen-bond donors (Lipinski definition) is 1. The van der Waals surface area contributed by atoms with E-state index in [-0.39, 0.29) is 0 Å². The fourth-order valence-corrected chi connectivity index (χ4v) is 2.10. The lowest BCUT2D eigenvalue weighted by molar-refractivity contribution is 0.186. The lowest BCUT2D eigenvalue weighted by Crippen LogP contribution is -2.40. The molecular weight excluding hydrogens is 204 g/mol. The fourth-order valence-electron chi connectivity index (χ4n) is 2.10. The molecule has 0 unspecified atom stereocenters. The maximum absolute atomic E-state index is 5.10. The van der Waals surface area contributed by atoms with Gasteiger partial charge in [0.05, 0.1) is 6.54 Å². The molecule has 0 saturated carbocycles. The van der Waals surface area contributed by atoms with Crippen molar-refractivity contribution in [1.82, 2.24) is 20.4 Å². The minimum Gasteiger partial charge on any atom is -0.339 e. The standard InChI is InChI=1S/C11H20N4O/c1-3-11-13-10(14-16-11)8-15(2)9-4-6-12-7-5-9/h9,12H,3-8H2,1-2H3. The quantitative estimate of drug-likeness (QED) is 0.820. The number of aromatic nitrogens is 2. The summed E-state index contributed by atoms with van der Waals surface area (Å²) in [4.78, 5) is 6.65. The number of nitrogens with one attached hydrogen (secondary N) is 1. The maximum Gasteiger partial charge on any atom is 0.226 e. The third-order valence-electron chi connectivity index (χ3n) is 3.14. The summed E-state index contributed by atoms with van der Waals surface area (Å²) in [6, 6.07) is 0.643. The van der Waals surface area contributed by atoms with Crippen molar-refractivity contribution in [2.24, 2.45) is 0 Å². The van der Waals surface area contributed by atoms with Crippen molar-refractivity contribution in [3.8, 4) is 0 Å². The molecule has 0 amide bonds. The lowest BCUT2D eigenvalue weighted by atomic mass is 10.1. The highest BCUT2D eigenvalue weighted by Gasteiger charge is 2.19. The second-order valence-corrected chi connectivity index (χ2v) is 4.35. The van der Waals surface area contributed by atoms with Crippen molar-refractivity contribution in [3.05, 3.63) is 11.7 Å². The van der Waals surface area contributed by atoms with Crippen molar-refractivity contribution >= 4 is 0 Å². The first-order chi connectivity index (χ1) is 7.79. The van der Waals surface area contributed by atoms with Crippen LogP contribution in [0.25, 0.3) is 0 Å².